The van der Waals surface area contributed by atoms with E-state index in [9.17, 15) is 18.0 Å². The minimum atomic E-state index is -4.74. The largest absolute Gasteiger partial charge is 0.462 e. The predicted molar refractivity (Wildman–Crippen MR) is 77.3 cm³/mol. The molecule has 5 nitrogen and oxygen atoms in total. The molecule has 0 atom stereocenters. The fourth-order valence-electron chi connectivity index (χ4n) is 2.15. The number of nitrogens with two attached hydrogens (primary N) is 1. The molecule has 0 bridgehead atoms. The Bertz CT molecular complexity index is 678. The third kappa shape index (κ3) is 3.70. The highest BCUT2D eigenvalue weighted by Crippen LogP contribution is 2.34. The van der Waals surface area contributed by atoms with Crippen LogP contribution >= 0.6 is 0 Å². The Morgan fingerprint density at radius 2 is 1.96 bits per heavy atom. The van der Waals surface area contributed by atoms with Crippen LogP contribution in [0.4, 0.5) is 13.2 Å². The van der Waals surface area contributed by atoms with E-state index >= 15 is 0 Å². The molecule has 0 saturated carbocycles. The van der Waals surface area contributed by atoms with Crippen molar-refractivity contribution in [1.82, 2.24) is 9.78 Å². The Morgan fingerprint density at radius 1 is 1.30 bits per heavy atom. The molecule has 2 rings (SSSR count). The van der Waals surface area contributed by atoms with E-state index in [0.717, 1.165) is 11.8 Å². The van der Waals surface area contributed by atoms with Gasteiger partial charge in [-0.15, -0.1) is 0 Å². The number of hydrogen-bond acceptors (Lipinski definition) is 4. The maximum atomic E-state index is 13.3. The van der Waals surface area contributed by atoms with Crippen LogP contribution in [0, 0.1) is 0 Å². The number of ether oxygens (including phenoxy) is 1. The Morgan fingerprint density at radius 3 is 2.48 bits per heavy atom. The first-order chi connectivity index (χ1) is 10.9. The van der Waals surface area contributed by atoms with Crippen molar-refractivity contribution in [2.45, 2.75) is 19.5 Å². The van der Waals surface area contributed by atoms with Gasteiger partial charge in [-0.05, 0) is 37.6 Å². The van der Waals surface area contributed by atoms with Crippen molar-refractivity contribution in [3.8, 4) is 5.69 Å². The predicted octanol–water partition coefficient (Wildman–Crippen LogP) is 2.57. The van der Waals surface area contributed by atoms with E-state index in [2.05, 4.69) is 9.84 Å². The number of alkyl halides is 3. The van der Waals surface area contributed by atoms with Crippen LogP contribution in [0.1, 0.15) is 28.5 Å². The number of aromatic nitrogens is 2. The van der Waals surface area contributed by atoms with Gasteiger partial charge in [0, 0.05) is 0 Å². The second kappa shape index (κ2) is 6.82. The molecule has 1 aromatic carbocycles. The highest BCUT2D eigenvalue weighted by molar-refractivity contribution is 5.90. The zero-order chi connectivity index (χ0) is 17.0. The van der Waals surface area contributed by atoms with Gasteiger partial charge in [-0.3, -0.25) is 0 Å². The second-order valence-corrected chi connectivity index (χ2v) is 4.74. The lowest BCUT2D eigenvalue weighted by Crippen LogP contribution is -2.18. The molecule has 0 fully saturated rings. The summed E-state index contributed by atoms with van der Waals surface area (Å²) < 4.78 is 45.4. The standard InChI is InChI=1S/C15H16F3N3O2/c1-2-23-14(22)12-9-20-21(13(12)15(16,17)18)11-5-3-10(4-6-11)7-8-19/h3-6,9H,2,7-8,19H2,1H3. The highest BCUT2D eigenvalue weighted by Gasteiger charge is 2.41. The Balaban J connectivity index is 2.48. The molecule has 1 heterocycles. The summed E-state index contributed by atoms with van der Waals surface area (Å²) in [5, 5.41) is 3.70. The van der Waals surface area contributed by atoms with Crippen molar-refractivity contribution in [3.63, 3.8) is 0 Å². The fourth-order valence-corrected chi connectivity index (χ4v) is 2.15. The lowest BCUT2D eigenvalue weighted by Gasteiger charge is -2.12. The van der Waals surface area contributed by atoms with Gasteiger partial charge in [0.15, 0.2) is 5.69 Å². The molecule has 2 aromatic rings. The molecular weight excluding hydrogens is 311 g/mol. The van der Waals surface area contributed by atoms with Crippen molar-refractivity contribution in [2.75, 3.05) is 13.2 Å². The minimum absolute atomic E-state index is 0.0188. The molecule has 0 spiro atoms. The van der Waals surface area contributed by atoms with Crippen LogP contribution in [0.25, 0.3) is 5.69 Å². The fraction of sp³-hybridized carbons (Fsp3) is 0.333. The molecule has 2 N–H and O–H groups in total. The van der Waals surface area contributed by atoms with Crippen molar-refractivity contribution < 1.29 is 22.7 Å². The van der Waals surface area contributed by atoms with E-state index in [1.54, 1.807) is 12.1 Å². The number of hydrogen-bond donors (Lipinski definition) is 1. The summed E-state index contributed by atoms with van der Waals surface area (Å²) in [7, 11) is 0. The maximum absolute atomic E-state index is 13.3. The van der Waals surface area contributed by atoms with Gasteiger partial charge in [0.2, 0.25) is 0 Å². The van der Waals surface area contributed by atoms with E-state index in [1.807, 2.05) is 0 Å². The van der Waals surface area contributed by atoms with Crippen LogP contribution in [-0.4, -0.2) is 28.9 Å². The zero-order valence-corrected chi connectivity index (χ0v) is 12.4. The van der Waals surface area contributed by atoms with Crippen molar-refractivity contribution in [3.05, 3.63) is 47.3 Å². The molecule has 0 aliphatic carbocycles. The van der Waals surface area contributed by atoms with Crippen molar-refractivity contribution >= 4 is 5.97 Å². The molecule has 0 amide bonds. The number of nitrogens with zero attached hydrogens (tertiary/aromatic N) is 2. The summed E-state index contributed by atoms with van der Waals surface area (Å²) in [5.41, 5.74) is 4.79. The number of esters is 1. The second-order valence-electron chi connectivity index (χ2n) is 4.74. The van der Waals surface area contributed by atoms with Gasteiger partial charge in [-0.25, -0.2) is 9.48 Å². The van der Waals surface area contributed by atoms with E-state index in [4.69, 9.17) is 5.73 Å². The highest BCUT2D eigenvalue weighted by atomic mass is 19.4. The van der Waals surface area contributed by atoms with E-state index < -0.39 is 23.4 Å². The minimum Gasteiger partial charge on any atom is -0.462 e. The molecule has 0 aliphatic heterocycles. The molecular formula is C15H16F3N3O2. The third-order valence-electron chi connectivity index (χ3n) is 3.15. The van der Waals surface area contributed by atoms with Crippen LogP contribution in [0.3, 0.4) is 0 Å². The van der Waals surface area contributed by atoms with Crippen LogP contribution < -0.4 is 5.73 Å². The summed E-state index contributed by atoms with van der Waals surface area (Å²) in [6.07, 6.45) is -3.25. The Labute approximate surface area is 130 Å². The van der Waals surface area contributed by atoms with Crippen LogP contribution in [0.5, 0.6) is 0 Å². The first-order valence-corrected chi connectivity index (χ1v) is 7.00. The number of carbonyl (C=O) groups is 1. The summed E-state index contributed by atoms with van der Waals surface area (Å²) in [5.74, 6) is -1.05. The van der Waals surface area contributed by atoms with Gasteiger partial charge < -0.3 is 10.5 Å². The van der Waals surface area contributed by atoms with Gasteiger partial charge in [0.1, 0.15) is 5.56 Å². The molecule has 0 saturated heterocycles. The van der Waals surface area contributed by atoms with Gasteiger partial charge in [0.05, 0.1) is 18.5 Å². The van der Waals surface area contributed by atoms with Crippen LogP contribution in [0.2, 0.25) is 0 Å². The molecule has 8 heteroatoms. The monoisotopic (exact) mass is 327 g/mol. The average molecular weight is 327 g/mol. The van der Waals surface area contributed by atoms with Crippen molar-refractivity contribution in [1.29, 1.82) is 0 Å². The number of carbonyl (C=O) groups excluding carboxylic acids is 1. The lowest BCUT2D eigenvalue weighted by molar-refractivity contribution is -0.143. The lowest BCUT2D eigenvalue weighted by atomic mass is 10.1. The van der Waals surface area contributed by atoms with Gasteiger partial charge in [-0.2, -0.15) is 18.3 Å². The average Bonchev–Trinajstić information content (AvgIpc) is 2.94. The SMILES string of the molecule is CCOC(=O)c1cnn(-c2ccc(CCN)cc2)c1C(F)(F)F. The first kappa shape index (κ1) is 17.0. The molecule has 0 radical (unpaired) electrons. The third-order valence-corrected chi connectivity index (χ3v) is 3.15. The van der Waals surface area contributed by atoms with Gasteiger partial charge in [0.25, 0.3) is 0 Å². The van der Waals surface area contributed by atoms with Gasteiger partial charge >= 0.3 is 12.1 Å². The van der Waals surface area contributed by atoms with Crippen LogP contribution in [-0.2, 0) is 17.3 Å². The summed E-state index contributed by atoms with van der Waals surface area (Å²) >= 11 is 0. The topological polar surface area (TPSA) is 70.1 Å². The zero-order valence-electron chi connectivity index (χ0n) is 12.4. The van der Waals surface area contributed by atoms with Crippen LogP contribution in [0.15, 0.2) is 30.5 Å². The molecule has 23 heavy (non-hydrogen) atoms. The Hall–Kier alpha value is -2.35. The molecule has 124 valence electrons. The molecule has 0 aliphatic rings. The number of benzene rings is 1. The van der Waals surface area contributed by atoms with E-state index in [-0.39, 0.29) is 12.3 Å². The molecule has 1 aromatic heterocycles. The molecule has 0 unspecified atom stereocenters. The normalized spacial score (nSPS) is 11.5. The quantitative estimate of drug-likeness (QED) is 0.857. The van der Waals surface area contributed by atoms with E-state index in [0.29, 0.717) is 17.6 Å². The van der Waals surface area contributed by atoms with Gasteiger partial charge in [-0.1, -0.05) is 12.1 Å². The van der Waals surface area contributed by atoms with Crippen molar-refractivity contribution in [2.24, 2.45) is 5.73 Å². The Kier molecular flexibility index (Phi) is 5.05. The summed E-state index contributed by atoms with van der Waals surface area (Å²) in [6.45, 7) is 1.95. The number of halogens is 3. The maximum Gasteiger partial charge on any atom is 0.434 e. The first-order valence-electron chi connectivity index (χ1n) is 7.00. The summed E-state index contributed by atoms with van der Waals surface area (Å²) in [4.78, 5) is 11.7. The van der Waals surface area contributed by atoms with E-state index in [1.165, 1.54) is 19.1 Å². The smallest absolute Gasteiger partial charge is 0.434 e. The summed E-state index contributed by atoms with van der Waals surface area (Å²) in [6, 6.07) is 6.35. The number of rotatable bonds is 5.